The van der Waals surface area contributed by atoms with Crippen LogP contribution in [0.2, 0.25) is 0 Å². The minimum absolute atomic E-state index is 0.312. The lowest BCUT2D eigenvalue weighted by atomic mass is 10.5. The minimum Gasteiger partial charge on any atom is -0.475 e. The summed E-state index contributed by atoms with van der Waals surface area (Å²) in [5, 5.41) is 0. The van der Waals surface area contributed by atoms with E-state index in [1.54, 1.807) is 13.2 Å². The van der Waals surface area contributed by atoms with Gasteiger partial charge in [0, 0.05) is 19.8 Å². The molecule has 3 N–H and O–H groups in total. The van der Waals surface area contributed by atoms with Crippen LogP contribution in [-0.4, -0.2) is 50.1 Å². The van der Waals surface area contributed by atoms with Crippen molar-refractivity contribution in [1.29, 1.82) is 0 Å². The van der Waals surface area contributed by atoms with E-state index in [1.165, 1.54) is 0 Å². The number of methoxy groups -OCH3 is 1. The highest BCUT2D eigenvalue weighted by Crippen LogP contribution is 2.13. The van der Waals surface area contributed by atoms with Gasteiger partial charge in [-0.05, 0) is 6.92 Å². The van der Waals surface area contributed by atoms with Crippen LogP contribution < -0.4 is 16.0 Å². The van der Waals surface area contributed by atoms with Crippen LogP contribution in [0.15, 0.2) is 6.07 Å². The molecule has 0 amide bonds. The second-order valence-corrected chi connectivity index (χ2v) is 3.74. The van der Waals surface area contributed by atoms with Gasteiger partial charge in [0.15, 0.2) is 5.82 Å². The van der Waals surface area contributed by atoms with E-state index >= 15 is 0 Å². The second-order valence-electron chi connectivity index (χ2n) is 3.74. The van der Waals surface area contributed by atoms with Gasteiger partial charge in [0.25, 0.3) is 0 Å². The highest BCUT2D eigenvalue weighted by Gasteiger charge is 2.05. The predicted molar refractivity (Wildman–Crippen MR) is 73.4 cm³/mol. The van der Waals surface area contributed by atoms with Gasteiger partial charge in [-0.1, -0.05) is 0 Å². The molecule has 0 radical (unpaired) electrons. The summed E-state index contributed by atoms with van der Waals surface area (Å²) in [7, 11) is 1.63. The molecule has 1 aromatic rings. The highest BCUT2D eigenvalue weighted by atomic mass is 16.5. The summed E-state index contributed by atoms with van der Waals surface area (Å²) in [5.74, 6) is 6.77. The van der Waals surface area contributed by atoms with Crippen LogP contribution in [0.5, 0.6) is 5.88 Å². The smallest absolute Gasteiger partial charge is 0.218 e. The Labute approximate surface area is 118 Å². The Hall–Kier alpha value is -1.48. The number of ether oxygens (including phenoxy) is 4. The maximum absolute atomic E-state index is 5.48. The van der Waals surface area contributed by atoms with Crippen molar-refractivity contribution in [1.82, 2.24) is 9.97 Å². The Morgan fingerprint density at radius 3 is 2.65 bits per heavy atom. The van der Waals surface area contributed by atoms with E-state index < -0.39 is 0 Å². The lowest BCUT2D eigenvalue weighted by Crippen LogP contribution is -2.14. The van der Waals surface area contributed by atoms with Gasteiger partial charge in [-0.15, -0.1) is 0 Å². The molecule has 0 saturated carbocycles. The van der Waals surface area contributed by atoms with Crippen molar-refractivity contribution in [3.8, 4) is 5.88 Å². The van der Waals surface area contributed by atoms with Gasteiger partial charge in [-0.3, -0.25) is 0 Å². The van der Waals surface area contributed by atoms with Crippen LogP contribution in [0.25, 0.3) is 0 Å². The topological polar surface area (TPSA) is 101 Å². The van der Waals surface area contributed by atoms with Crippen molar-refractivity contribution in [2.24, 2.45) is 5.84 Å². The SMILES string of the molecule is CCOCc1nc(NN)cc(OCCOCCOC)n1. The molecular weight excluding hydrogens is 264 g/mol. The zero-order valence-electron chi connectivity index (χ0n) is 11.9. The van der Waals surface area contributed by atoms with Gasteiger partial charge >= 0.3 is 0 Å². The average Bonchev–Trinajstić information content (AvgIpc) is 2.48. The zero-order chi connectivity index (χ0) is 14.6. The number of aromatic nitrogens is 2. The van der Waals surface area contributed by atoms with Gasteiger partial charge in [0.1, 0.15) is 19.0 Å². The molecule has 1 aromatic heterocycles. The number of hydrazine groups is 1. The van der Waals surface area contributed by atoms with Crippen molar-refractivity contribution >= 4 is 5.82 Å². The standard InChI is InChI=1S/C12H22N4O4/c1-3-18-9-11-14-10(16-13)8-12(15-11)20-7-6-19-5-4-17-2/h8H,3-7,9,13H2,1-2H3,(H,14,15,16). The van der Waals surface area contributed by atoms with E-state index in [0.29, 0.717) is 57.2 Å². The van der Waals surface area contributed by atoms with Crippen molar-refractivity contribution < 1.29 is 18.9 Å². The van der Waals surface area contributed by atoms with Crippen molar-refractivity contribution in [2.75, 3.05) is 45.6 Å². The molecule has 114 valence electrons. The van der Waals surface area contributed by atoms with Crippen molar-refractivity contribution in [2.45, 2.75) is 13.5 Å². The molecule has 0 unspecified atom stereocenters. The first-order chi connectivity index (χ1) is 9.80. The molecule has 1 rings (SSSR count). The molecule has 0 saturated heterocycles. The fraction of sp³-hybridized carbons (Fsp3) is 0.667. The Morgan fingerprint density at radius 1 is 1.15 bits per heavy atom. The van der Waals surface area contributed by atoms with Gasteiger partial charge in [-0.25, -0.2) is 10.8 Å². The molecule has 1 heterocycles. The number of nitrogens with zero attached hydrogens (tertiary/aromatic N) is 2. The first-order valence-electron chi connectivity index (χ1n) is 6.42. The Morgan fingerprint density at radius 2 is 1.95 bits per heavy atom. The van der Waals surface area contributed by atoms with E-state index in [2.05, 4.69) is 15.4 Å². The third-order valence-corrected chi connectivity index (χ3v) is 2.24. The fourth-order valence-corrected chi connectivity index (χ4v) is 1.33. The van der Waals surface area contributed by atoms with Crippen molar-refractivity contribution in [3.63, 3.8) is 0 Å². The monoisotopic (exact) mass is 286 g/mol. The van der Waals surface area contributed by atoms with Gasteiger partial charge in [0.05, 0.1) is 19.8 Å². The molecule has 0 aliphatic heterocycles. The normalized spacial score (nSPS) is 10.6. The number of hydrogen-bond acceptors (Lipinski definition) is 8. The largest absolute Gasteiger partial charge is 0.475 e. The summed E-state index contributed by atoms with van der Waals surface area (Å²) in [6.45, 7) is 4.75. The third kappa shape index (κ3) is 6.62. The van der Waals surface area contributed by atoms with Gasteiger partial charge in [-0.2, -0.15) is 4.98 Å². The lowest BCUT2D eigenvalue weighted by molar-refractivity contribution is 0.0534. The van der Waals surface area contributed by atoms with E-state index in [4.69, 9.17) is 24.8 Å². The number of anilines is 1. The molecule has 0 aliphatic rings. The summed E-state index contributed by atoms with van der Waals surface area (Å²) < 4.78 is 20.9. The lowest BCUT2D eigenvalue weighted by Gasteiger charge is -2.09. The second kappa shape index (κ2) is 10.3. The summed E-state index contributed by atoms with van der Waals surface area (Å²) in [6, 6.07) is 1.62. The van der Waals surface area contributed by atoms with Gasteiger partial charge < -0.3 is 24.4 Å². The molecule has 8 heteroatoms. The van der Waals surface area contributed by atoms with Crippen molar-refractivity contribution in [3.05, 3.63) is 11.9 Å². The number of hydrogen-bond donors (Lipinski definition) is 2. The summed E-state index contributed by atoms with van der Waals surface area (Å²) >= 11 is 0. The number of nitrogens with one attached hydrogen (secondary N) is 1. The van der Waals surface area contributed by atoms with E-state index in [1.807, 2.05) is 6.92 Å². The number of nitrogens with two attached hydrogens (primary N) is 1. The molecule has 0 atom stereocenters. The molecule has 0 aromatic carbocycles. The van der Waals surface area contributed by atoms with Crippen LogP contribution >= 0.6 is 0 Å². The molecular formula is C12H22N4O4. The Bertz CT molecular complexity index is 378. The summed E-state index contributed by atoms with van der Waals surface area (Å²) in [6.07, 6.45) is 0. The van der Waals surface area contributed by atoms with Crippen LogP contribution in [0.3, 0.4) is 0 Å². The molecule has 8 nitrogen and oxygen atoms in total. The van der Waals surface area contributed by atoms with Gasteiger partial charge in [0.2, 0.25) is 5.88 Å². The third-order valence-electron chi connectivity index (χ3n) is 2.24. The molecule has 0 bridgehead atoms. The first-order valence-corrected chi connectivity index (χ1v) is 6.42. The van der Waals surface area contributed by atoms with Crippen LogP contribution in [0.1, 0.15) is 12.7 Å². The molecule has 20 heavy (non-hydrogen) atoms. The average molecular weight is 286 g/mol. The summed E-state index contributed by atoms with van der Waals surface area (Å²) in [5.41, 5.74) is 2.47. The highest BCUT2D eigenvalue weighted by molar-refractivity contribution is 5.36. The Balaban J connectivity index is 2.42. The van der Waals surface area contributed by atoms with Crippen LogP contribution in [0, 0.1) is 0 Å². The van der Waals surface area contributed by atoms with E-state index in [0.717, 1.165) is 0 Å². The predicted octanol–water partition coefficient (Wildman–Crippen LogP) is 0.341. The zero-order valence-corrected chi connectivity index (χ0v) is 11.9. The minimum atomic E-state index is 0.312. The molecule has 0 spiro atoms. The number of rotatable bonds is 11. The fourth-order valence-electron chi connectivity index (χ4n) is 1.33. The number of nitrogen functional groups attached to an aromatic ring is 1. The maximum atomic E-state index is 5.48. The summed E-state index contributed by atoms with van der Waals surface area (Å²) in [4.78, 5) is 8.38. The van der Waals surface area contributed by atoms with Crippen LogP contribution in [-0.2, 0) is 20.8 Å². The molecule has 0 aliphatic carbocycles. The maximum Gasteiger partial charge on any atom is 0.218 e. The van der Waals surface area contributed by atoms with E-state index in [-0.39, 0.29) is 0 Å². The quantitative estimate of drug-likeness (QED) is 0.341. The van der Waals surface area contributed by atoms with Crippen LogP contribution in [0.4, 0.5) is 5.82 Å². The molecule has 0 fully saturated rings. The van der Waals surface area contributed by atoms with E-state index in [9.17, 15) is 0 Å². The first kappa shape index (κ1) is 16.6. The Kier molecular flexibility index (Phi) is 8.56.